The summed E-state index contributed by atoms with van der Waals surface area (Å²) >= 11 is 3.08. The van der Waals surface area contributed by atoms with E-state index in [1.54, 1.807) is 6.07 Å². The van der Waals surface area contributed by atoms with Gasteiger partial charge in [0.25, 0.3) is 0 Å². The van der Waals surface area contributed by atoms with Crippen molar-refractivity contribution in [1.29, 1.82) is 5.41 Å². The molecule has 19 heavy (non-hydrogen) atoms. The normalized spacial score (nSPS) is 10.2. The molecule has 0 bridgehead atoms. The summed E-state index contributed by atoms with van der Waals surface area (Å²) in [6.45, 7) is 0.281. The first-order valence-corrected chi connectivity index (χ1v) is 6.38. The van der Waals surface area contributed by atoms with Crippen LogP contribution in [0.15, 0.2) is 46.9 Å². The van der Waals surface area contributed by atoms with Crippen molar-refractivity contribution in [2.75, 3.05) is 0 Å². The standard InChI is InChI=1S/C14H12BrFN2O/c15-12-10(14(17)18)6-7-11(13(12)16)19-8-9-4-2-1-3-5-9/h1-7H,8H2,(H3,17,18). The number of rotatable bonds is 4. The smallest absolute Gasteiger partial charge is 0.179 e. The molecule has 2 rings (SSSR count). The molecule has 3 N–H and O–H groups in total. The Bertz CT molecular complexity index is 602. The van der Waals surface area contributed by atoms with Crippen LogP contribution in [-0.2, 0) is 6.61 Å². The van der Waals surface area contributed by atoms with Gasteiger partial charge >= 0.3 is 0 Å². The van der Waals surface area contributed by atoms with Gasteiger partial charge in [-0.2, -0.15) is 0 Å². The van der Waals surface area contributed by atoms with Gasteiger partial charge in [-0.05, 0) is 33.6 Å². The van der Waals surface area contributed by atoms with E-state index in [-0.39, 0.29) is 22.7 Å². The van der Waals surface area contributed by atoms with Crippen molar-refractivity contribution >= 4 is 21.8 Å². The summed E-state index contributed by atoms with van der Waals surface area (Å²) in [6.07, 6.45) is 0. The Kier molecular flexibility index (Phi) is 4.16. The fourth-order valence-corrected chi connectivity index (χ4v) is 2.13. The van der Waals surface area contributed by atoms with Crippen LogP contribution in [0.2, 0.25) is 0 Å². The SMILES string of the molecule is N=C(N)c1ccc(OCc2ccccc2)c(F)c1Br. The van der Waals surface area contributed by atoms with Crippen LogP contribution in [-0.4, -0.2) is 5.84 Å². The van der Waals surface area contributed by atoms with Crippen LogP contribution < -0.4 is 10.5 Å². The number of nitrogens with two attached hydrogens (primary N) is 1. The quantitative estimate of drug-likeness (QED) is 0.669. The van der Waals surface area contributed by atoms with E-state index in [0.29, 0.717) is 5.56 Å². The lowest BCUT2D eigenvalue weighted by atomic mass is 10.2. The summed E-state index contributed by atoms with van der Waals surface area (Å²) in [6, 6.07) is 12.5. The molecule has 0 saturated carbocycles. The lowest BCUT2D eigenvalue weighted by Gasteiger charge is -2.10. The Hall–Kier alpha value is -1.88. The number of halogens is 2. The molecule has 0 aliphatic heterocycles. The summed E-state index contributed by atoms with van der Waals surface area (Å²) in [4.78, 5) is 0. The van der Waals surface area contributed by atoms with Crippen molar-refractivity contribution in [3.8, 4) is 5.75 Å². The first-order chi connectivity index (χ1) is 9.09. The zero-order valence-electron chi connectivity index (χ0n) is 9.99. The van der Waals surface area contributed by atoms with Crippen LogP contribution in [0.4, 0.5) is 4.39 Å². The van der Waals surface area contributed by atoms with Gasteiger partial charge in [0.05, 0.1) is 4.47 Å². The van der Waals surface area contributed by atoms with Gasteiger partial charge in [-0.25, -0.2) is 4.39 Å². The second kappa shape index (κ2) is 5.84. The molecular formula is C14H12BrFN2O. The molecule has 2 aromatic rings. The topological polar surface area (TPSA) is 59.1 Å². The molecule has 98 valence electrons. The second-order valence-corrected chi connectivity index (χ2v) is 4.72. The van der Waals surface area contributed by atoms with Crippen molar-refractivity contribution in [3.05, 3.63) is 63.9 Å². The highest BCUT2D eigenvalue weighted by Gasteiger charge is 2.13. The van der Waals surface area contributed by atoms with Gasteiger partial charge < -0.3 is 10.5 Å². The van der Waals surface area contributed by atoms with Crippen molar-refractivity contribution < 1.29 is 9.13 Å². The molecule has 5 heteroatoms. The van der Waals surface area contributed by atoms with Gasteiger partial charge in [0.2, 0.25) is 0 Å². The zero-order valence-corrected chi connectivity index (χ0v) is 11.6. The third-order valence-corrected chi connectivity index (χ3v) is 3.35. The van der Waals surface area contributed by atoms with Gasteiger partial charge in [0.15, 0.2) is 11.6 Å². The molecule has 0 fully saturated rings. The fourth-order valence-electron chi connectivity index (χ4n) is 1.59. The van der Waals surface area contributed by atoms with E-state index in [1.807, 2.05) is 30.3 Å². The second-order valence-electron chi connectivity index (χ2n) is 3.93. The molecule has 0 spiro atoms. The molecule has 0 radical (unpaired) electrons. The molecule has 0 amide bonds. The van der Waals surface area contributed by atoms with E-state index in [9.17, 15) is 4.39 Å². The number of hydrogen-bond donors (Lipinski definition) is 2. The largest absolute Gasteiger partial charge is 0.486 e. The van der Waals surface area contributed by atoms with E-state index in [4.69, 9.17) is 15.9 Å². The van der Waals surface area contributed by atoms with E-state index < -0.39 is 5.82 Å². The van der Waals surface area contributed by atoms with Crippen molar-refractivity contribution in [2.45, 2.75) is 6.61 Å². The maximum Gasteiger partial charge on any atom is 0.179 e. The molecule has 3 nitrogen and oxygen atoms in total. The van der Waals surface area contributed by atoms with Gasteiger partial charge in [0.1, 0.15) is 12.4 Å². The van der Waals surface area contributed by atoms with E-state index >= 15 is 0 Å². The molecule has 0 aliphatic rings. The average molecular weight is 323 g/mol. The van der Waals surface area contributed by atoms with Crippen molar-refractivity contribution in [3.63, 3.8) is 0 Å². The summed E-state index contributed by atoms with van der Waals surface area (Å²) < 4.78 is 19.6. The predicted molar refractivity (Wildman–Crippen MR) is 75.9 cm³/mol. The third-order valence-electron chi connectivity index (χ3n) is 2.57. The number of nitrogens with one attached hydrogen (secondary N) is 1. The summed E-state index contributed by atoms with van der Waals surface area (Å²) in [5, 5.41) is 7.32. The molecule has 0 heterocycles. The van der Waals surface area contributed by atoms with Crippen LogP contribution in [0.25, 0.3) is 0 Å². The molecule has 2 aromatic carbocycles. The number of benzene rings is 2. The minimum Gasteiger partial charge on any atom is -0.486 e. The van der Waals surface area contributed by atoms with Crippen LogP contribution in [0, 0.1) is 11.2 Å². The lowest BCUT2D eigenvalue weighted by molar-refractivity contribution is 0.289. The molecule has 0 atom stereocenters. The van der Waals surface area contributed by atoms with Gasteiger partial charge in [0, 0.05) is 5.56 Å². The van der Waals surface area contributed by atoms with E-state index in [1.165, 1.54) is 6.07 Å². The maximum absolute atomic E-state index is 14.0. The lowest BCUT2D eigenvalue weighted by Crippen LogP contribution is -2.12. The van der Waals surface area contributed by atoms with Gasteiger partial charge in [-0.3, -0.25) is 5.41 Å². The monoisotopic (exact) mass is 322 g/mol. The van der Waals surface area contributed by atoms with E-state index in [2.05, 4.69) is 15.9 Å². The minimum absolute atomic E-state index is 0.126. The van der Waals surface area contributed by atoms with Crippen molar-refractivity contribution in [2.24, 2.45) is 5.73 Å². The predicted octanol–water partition coefficient (Wildman–Crippen LogP) is 3.45. The molecule has 0 unspecified atom stereocenters. The Morgan fingerprint density at radius 3 is 2.53 bits per heavy atom. The summed E-state index contributed by atoms with van der Waals surface area (Å²) in [5.41, 5.74) is 6.61. The minimum atomic E-state index is -0.552. The van der Waals surface area contributed by atoms with Crippen LogP contribution in [0.5, 0.6) is 5.75 Å². The zero-order chi connectivity index (χ0) is 13.8. The fraction of sp³-hybridized carbons (Fsp3) is 0.0714. The van der Waals surface area contributed by atoms with Crippen molar-refractivity contribution in [1.82, 2.24) is 0 Å². The first-order valence-electron chi connectivity index (χ1n) is 5.58. The number of ether oxygens (including phenoxy) is 1. The summed E-state index contributed by atoms with van der Waals surface area (Å²) in [5.74, 6) is -0.621. The van der Waals surface area contributed by atoms with Crippen LogP contribution >= 0.6 is 15.9 Å². The number of nitrogen functional groups attached to an aromatic ring is 1. The average Bonchev–Trinajstić information content (AvgIpc) is 2.41. The Labute approximate surface area is 118 Å². The van der Waals surface area contributed by atoms with Gasteiger partial charge in [-0.15, -0.1) is 0 Å². The van der Waals surface area contributed by atoms with E-state index in [0.717, 1.165) is 5.56 Å². The molecule has 0 saturated heterocycles. The molecule has 0 aliphatic carbocycles. The molecule has 0 aromatic heterocycles. The van der Waals surface area contributed by atoms with Gasteiger partial charge in [-0.1, -0.05) is 30.3 Å². The Morgan fingerprint density at radius 1 is 1.21 bits per heavy atom. The maximum atomic E-state index is 14.0. The number of amidine groups is 1. The Balaban J connectivity index is 2.18. The number of hydrogen-bond acceptors (Lipinski definition) is 2. The van der Waals surface area contributed by atoms with Crippen LogP contribution in [0.1, 0.15) is 11.1 Å². The Morgan fingerprint density at radius 2 is 1.89 bits per heavy atom. The highest BCUT2D eigenvalue weighted by Crippen LogP contribution is 2.28. The molecular weight excluding hydrogens is 311 g/mol. The highest BCUT2D eigenvalue weighted by atomic mass is 79.9. The third kappa shape index (κ3) is 3.12. The first kappa shape index (κ1) is 13.5. The summed E-state index contributed by atoms with van der Waals surface area (Å²) in [7, 11) is 0. The highest BCUT2D eigenvalue weighted by molar-refractivity contribution is 9.10. The van der Waals surface area contributed by atoms with Crippen LogP contribution in [0.3, 0.4) is 0 Å².